The number of aromatic nitrogens is 2. The second-order valence-electron chi connectivity index (χ2n) is 7.81. The zero-order chi connectivity index (χ0) is 23.5. The van der Waals surface area contributed by atoms with E-state index in [1.54, 1.807) is 30.3 Å². The lowest BCUT2D eigenvalue weighted by molar-refractivity contribution is -0.132. The highest BCUT2D eigenvalue weighted by Gasteiger charge is 2.48. The van der Waals surface area contributed by atoms with Crippen LogP contribution < -0.4 is 9.64 Å². The van der Waals surface area contributed by atoms with Gasteiger partial charge in [-0.3, -0.25) is 14.5 Å². The third kappa shape index (κ3) is 4.00. The number of carbonyl (C=O) groups excluding carboxylic acids is 2. The van der Waals surface area contributed by atoms with E-state index in [4.69, 9.17) is 9.26 Å². The Morgan fingerprint density at radius 3 is 2.39 bits per heavy atom. The second-order valence-corrected chi connectivity index (χ2v) is 7.81. The normalized spacial score (nSPS) is 17.7. The first kappa shape index (κ1) is 22.3. The quantitative estimate of drug-likeness (QED) is 0.324. The van der Waals surface area contributed by atoms with Gasteiger partial charge in [-0.25, -0.2) is 4.98 Å². The fourth-order valence-electron chi connectivity index (χ4n) is 4.27. The summed E-state index contributed by atoms with van der Waals surface area (Å²) in [6.07, 6.45) is 4.38. The Kier molecular flexibility index (Phi) is 6.26. The van der Waals surface area contributed by atoms with Crippen LogP contribution in [0.1, 0.15) is 32.3 Å². The van der Waals surface area contributed by atoms with Gasteiger partial charge in [0.25, 0.3) is 11.7 Å². The van der Waals surface area contributed by atoms with Crippen molar-refractivity contribution in [3.8, 4) is 17.1 Å². The molecule has 0 bridgehead atoms. The molecule has 0 saturated carbocycles. The molecule has 3 aromatic rings. The van der Waals surface area contributed by atoms with Crippen LogP contribution in [0.15, 0.2) is 65.0 Å². The zero-order valence-corrected chi connectivity index (χ0v) is 18.7. The number of ketones is 1. The molecule has 1 aromatic carbocycles. The molecular formula is C25H25N3O5. The highest BCUT2D eigenvalue weighted by Crippen LogP contribution is 2.39. The average molecular weight is 447 g/mol. The number of ether oxygens (including phenoxy) is 1. The van der Waals surface area contributed by atoms with E-state index < -0.39 is 17.7 Å². The van der Waals surface area contributed by atoms with Crippen molar-refractivity contribution >= 4 is 23.1 Å². The van der Waals surface area contributed by atoms with Gasteiger partial charge in [0.05, 0.1) is 18.7 Å². The van der Waals surface area contributed by atoms with Gasteiger partial charge < -0.3 is 14.4 Å². The fraction of sp³-hybridized carbons (Fsp3) is 0.280. The first-order valence-corrected chi connectivity index (χ1v) is 10.8. The van der Waals surface area contributed by atoms with E-state index in [1.165, 1.54) is 24.5 Å². The number of nitrogens with zero attached hydrogens (tertiary/aromatic N) is 3. The molecule has 170 valence electrons. The first-order chi connectivity index (χ1) is 16.0. The zero-order valence-electron chi connectivity index (χ0n) is 18.7. The minimum Gasteiger partial charge on any atom is -0.507 e. The van der Waals surface area contributed by atoms with E-state index >= 15 is 0 Å². The molecule has 1 aliphatic rings. The van der Waals surface area contributed by atoms with Gasteiger partial charge in [-0.2, -0.15) is 0 Å². The van der Waals surface area contributed by atoms with Crippen LogP contribution in [0, 0.1) is 5.92 Å². The van der Waals surface area contributed by atoms with Crippen LogP contribution >= 0.6 is 0 Å². The monoisotopic (exact) mass is 447 g/mol. The molecule has 0 aliphatic carbocycles. The fourth-order valence-corrected chi connectivity index (χ4v) is 4.27. The minimum absolute atomic E-state index is 0.0287. The predicted octanol–water partition coefficient (Wildman–Crippen LogP) is 4.44. The number of aliphatic hydroxyl groups is 1. The lowest BCUT2D eigenvalue weighted by Crippen LogP contribution is -2.39. The van der Waals surface area contributed by atoms with Crippen molar-refractivity contribution in [3.05, 3.63) is 66.1 Å². The smallest absolute Gasteiger partial charge is 0.299 e. The van der Waals surface area contributed by atoms with Crippen LogP contribution in [0.2, 0.25) is 0 Å². The molecule has 3 heterocycles. The highest BCUT2D eigenvalue weighted by atomic mass is 16.5. The molecule has 0 spiro atoms. The highest BCUT2D eigenvalue weighted by molar-refractivity contribution is 6.51. The summed E-state index contributed by atoms with van der Waals surface area (Å²) in [7, 11) is 1.49. The predicted molar refractivity (Wildman–Crippen MR) is 123 cm³/mol. The van der Waals surface area contributed by atoms with Crippen LogP contribution in [0.25, 0.3) is 17.0 Å². The molecule has 0 radical (unpaired) electrons. The van der Waals surface area contributed by atoms with Crippen LogP contribution in [0.3, 0.4) is 0 Å². The molecule has 1 amide bonds. The molecular weight excluding hydrogens is 422 g/mol. The van der Waals surface area contributed by atoms with Gasteiger partial charge in [0, 0.05) is 35.1 Å². The van der Waals surface area contributed by atoms with Crippen molar-refractivity contribution in [3.63, 3.8) is 0 Å². The number of benzene rings is 1. The van der Waals surface area contributed by atoms with Crippen molar-refractivity contribution in [2.24, 2.45) is 5.92 Å². The van der Waals surface area contributed by atoms with Crippen molar-refractivity contribution in [2.45, 2.75) is 32.7 Å². The van der Waals surface area contributed by atoms with E-state index in [-0.39, 0.29) is 17.3 Å². The summed E-state index contributed by atoms with van der Waals surface area (Å²) in [5.74, 6) is -1.25. The Labute approximate surface area is 191 Å². The van der Waals surface area contributed by atoms with Crippen molar-refractivity contribution in [1.29, 1.82) is 0 Å². The van der Waals surface area contributed by atoms with E-state index in [1.807, 2.05) is 26.0 Å². The number of hydrogen-bond donors (Lipinski definition) is 1. The first-order valence-electron chi connectivity index (χ1n) is 10.8. The van der Waals surface area contributed by atoms with E-state index in [9.17, 15) is 14.7 Å². The lowest BCUT2D eigenvalue weighted by Gasteiger charge is -2.31. The SMILES string of the molecule is CCC(CC)C1/C(=C(/O)c2ccc(OC)nc2)C(=O)C(=O)N1c1ccc(-c2ccon2)cc1. The summed E-state index contributed by atoms with van der Waals surface area (Å²) < 4.78 is 9.97. The number of amides is 1. The number of methoxy groups -OCH3 is 1. The van der Waals surface area contributed by atoms with Crippen LogP contribution in [0.5, 0.6) is 5.88 Å². The number of rotatable bonds is 7. The lowest BCUT2D eigenvalue weighted by atomic mass is 9.87. The molecule has 8 nitrogen and oxygen atoms in total. The Morgan fingerprint density at radius 1 is 1.12 bits per heavy atom. The van der Waals surface area contributed by atoms with Crippen LogP contribution in [-0.2, 0) is 9.59 Å². The van der Waals surface area contributed by atoms with Crippen molar-refractivity contribution in [2.75, 3.05) is 12.0 Å². The number of aliphatic hydroxyl groups excluding tert-OH is 1. The Hall–Kier alpha value is -3.94. The third-order valence-corrected chi connectivity index (χ3v) is 6.08. The second kappa shape index (κ2) is 9.28. The average Bonchev–Trinajstić information content (AvgIpc) is 3.47. The number of anilines is 1. The van der Waals surface area contributed by atoms with Gasteiger partial charge in [0.1, 0.15) is 17.7 Å². The summed E-state index contributed by atoms with van der Waals surface area (Å²) in [6.45, 7) is 4.02. The topological polar surface area (TPSA) is 106 Å². The van der Waals surface area contributed by atoms with Crippen LogP contribution in [-0.4, -0.2) is 40.1 Å². The number of carbonyl (C=O) groups is 2. The summed E-state index contributed by atoms with van der Waals surface area (Å²) in [5, 5.41) is 15.0. The maximum atomic E-state index is 13.2. The summed E-state index contributed by atoms with van der Waals surface area (Å²) in [6, 6.07) is 11.6. The molecule has 8 heteroatoms. The van der Waals surface area contributed by atoms with Gasteiger partial charge in [0.15, 0.2) is 0 Å². The van der Waals surface area contributed by atoms with Gasteiger partial charge in [-0.15, -0.1) is 0 Å². The molecule has 1 fully saturated rings. The van der Waals surface area contributed by atoms with Gasteiger partial charge >= 0.3 is 0 Å². The Balaban J connectivity index is 1.80. The number of hydrogen-bond acceptors (Lipinski definition) is 7. The maximum Gasteiger partial charge on any atom is 0.299 e. The molecule has 33 heavy (non-hydrogen) atoms. The van der Waals surface area contributed by atoms with E-state index in [2.05, 4.69) is 10.1 Å². The molecule has 1 atom stereocenters. The van der Waals surface area contributed by atoms with E-state index in [0.29, 0.717) is 22.8 Å². The minimum atomic E-state index is -0.708. The van der Waals surface area contributed by atoms with Gasteiger partial charge in [-0.05, 0) is 24.1 Å². The molecule has 1 aliphatic heterocycles. The standard InChI is InChI=1S/C25H25N3O5/c1-4-15(5-2)22-21(23(29)17-8-11-20(32-3)26-14-17)24(30)25(31)28(22)18-9-6-16(7-10-18)19-12-13-33-27-19/h6-15,22,29H,4-5H2,1-3H3/b23-21-. The molecule has 1 saturated heterocycles. The Bertz CT molecular complexity index is 1160. The maximum absolute atomic E-state index is 13.2. The Morgan fingerprint density at radius 2 is 1.85 bits per heavy atom. The summed E-state index contributed by atoms with van der Waals surface area (Å²) in [4.78, 5) is 31.9. The molecule has 4 rings (SSSR count). The van der Waals surface area contributed by atoms with Gasteiger partial charge in [-0.1, -0.05) is 44.0 Å². The number of Topliss-reactive ketones (excluding diaryl/α,β-unsaturated/α-hetero) is 1. The third-order valence-electron chi connectivity index (χ3n) is 6.08. The summed E-state index contributed by atoms with van der Waals surface area (Å²) in [5.41, 5.74) is 2.53. The van der Waals surface area contributed by atoms with Gasteiger partial charge in [0.2, 0.25) is 5.88 Å². The van der Waals surface area contributed by atoms with Crippen molar-refractivity contribution in [1.82, 2.24) is 10.1 Å². The summed E-state index contributed by atoms with van der Waals surface area (Å²) >= 11 is 0. The van der Waals surface area contributed by atoms with Crippen molar-refractivity contribution < 1.29 is 24.0 Å². The largest absolute Gasteiger partial charge is 0.507 e. The molecule has 2 aromatic heterocycles. The van der Waals surface area contributed by atoms with E-state index in [0.717, 1.165) is 18.4 Å². The van der Waals surface area contributed by atoms with Crippen LogP contribution in [0.4, 0.5) is 5.69 Å². The number of pyridine rings is 1. The molecule has 1 unspecified atom stereocenters. The molecule has 1 N–H and O–H groups in total.